The van der Waals surface area contributed by atoms with Gasteiger partial charge in [0.2, 0.25) is 0 Å². The predicted octanol–water partition coefficient (Wildman–Crippen LogP) is 4.98. The van der Waals surface area contributed by atoms with E-state index in [9.17, 15) is 5.21 Å². The Balaban J connectivity index is 3.10. The molecule has 0 saturated heterocycles. The van der Waals surface area contributed by atoms with E-state index in [1.807, 2.05) is 13.8 Å². The smallest absolute Gasteiger partial charge is 0.130 e. The summed E-state index contributed by atoms with van der Waals surface area (Å²) in [6.07, 6.45) is 13.2. The molecule has 0 bridgehead atoms. The Morgan fingerprint density at radius 3 is 1.79 bits per heavy atom. The molecule has 0 heterocycles. The van der Waals surface area contributed by atoms with E-state index >= 15 is 0 Å². The summed E-state index contributed by atoms with van der Waals surface area (Å²) in [7, 11) is 0. The zero-order valence-corrected chi connectivity index (χ0v) is 13.4. The standard InChI is InChI=1S/C16H35NO2/c1-4-6-7-8-9-10-11-12-13-14-15-19-16(3)17(18)5-2/h16,18H,4-15H2,1-3H3. The maximum atomic E-state index is 9.40. The minimum atomic E-state index is -0.177. The molecule has 0 aromatic heterocycles. The SMILES string of the molecule is CCCCCCCCCCCCOC(C)N(O)CC. The average Bonchev–Trinajstić information content (AvgIpc) is 2.43. The van der Waals surface area contributed by atoms with Crippen LogP contribution >= 0.6 is 0 Å². The van der Waals surface area contributed by atoms with Crippen LogP contribution in [0.1, 0.15) is 85.0 Å². The summed E-state index contributed by atoms with van der Waals surface area (Å²) in [4.78, 5) is 0. The first-order chi connectivity index (χ1) is 9.22. The second kappa shape index (κ2) is 14.3. The highest BCUT2D eigenvalue weighted by molar-refractivity contribution is 4.48. The van der Waals surface area contributed by atoms with Crippen molar-refractivity contribution in [2.24, 2.45) is 0 Å². The molecule has 3 nitrogen and oxygen atoms in total. The van der Waals surface area contributed by atoms with Crippen LogP contribution in [0.15, 0.2) is 0 Å². The van der Waals surface area contributed by atoms with E-state index in [4.69, 9.17) is 4.74 Å². The van der Waals surface area contributed by atoms with Crippen LogP contribution < -0.4 is 0 Å². The van der Waals surface area contributed by atoms with Gasteiger partial charge in [0.05, 0.1) is 0 Å². The number of hydrogen-bond acceptors (Lipinski definition) is 3. The van der Waals surface area contributed by atoms with Crippen LogP contribution in [-0.2, 0) is 4.74 Å². The lowest BCUT2D eigenvalue weighted by atomic mass is 10.1. The van der Waals surface area contributed by atoms with Crippen molar-refractivity contribution in [2.75, 3.05) is 13.2 Å². The summed E-state index contributed by atoms with van der Waals surface area (Å²) in [6, 6.07) is 0. The second-order valence-corrected chi connectivity index (χ2v) is 5.41. The maximum Gasteiger partial charge on any atom is 0.130 e. The van der Waals surface area contributed by atoms with E-state index in [0.29, 0.717) is 6.54 Å². The Bertz CT molecular complexity index is 176. The first-order valence-corrected chi connectivity index (χ1v) is 8.29. The van der Waals surface area contributed by atoms with Crippen LogP contribution in [0.3, 0.4) is 0 Å². The van der Waals surface area contributed by atoms with E-state index in [1.54, 1.807) is 0 Å². The Hall–Kier alpha value is -0.120. The number of unbranched alkanes of at least 4 members (excludes halogenated alkanes) is 9. The van der Waals surface area contributed by atoms with Gasteiger partial charge in [-0.2, -0.15) is 5.06 Å². The molecule has 0 radical (unpaired) electrons. The number of nitrogens with zero attached hydrogens (tertiary/aromatic N) is 1. The third-order valence-electron chi connectivity index (χ3n) is 3.60. The maximum absolute atomic E-state index is 9.40. The van der Waals surface area contributed by atoms with E-state index in [-0.39, 0.29) is 6.23 Å². The molecule has 0 aliphatic heterocycles. The van der Waals surface area contributed by atoms with Crippen LogP contribution in [0.2, 0.25) is 0 Å². The minimum absolute atomic E-state index is 0.177. The predicted molar refractivity (Wildman–Crippen MR) is 81.4 cm³/mol. The van der Waals surface area contributed by atoms with E-state index in [0.717, 1.165) is 13.0 Å². The van der Waals surface area contributed by atoms with Crippen molar-refractivity contribution in [3.05, 3.63) is 0 Å². The molecule has 0 aromatic rings. The van der Waals surface area contributed by atoms with Crippen molar-refractivity contribution < 1.29 is 9.94 Å². The van der Waals surface area contributed by atoms with Crippen molar-refractivity contribution in [2.45, 2.75) is 91.2 Å². The summed E-state index contributed by atoms with van der Waals surface area (Å²) in [5.41, 5.74) is 0. The fraction of sp³-hybridized carbons (Fsp3) is 1.00. The highest BCUT2D eigenvalue weighted by Gasteiger charge is 2.07. The van der Waals surface area contributed by atoms with Crippen molar-refractivity contribution in [1.29, 1.82) is 0 Å². The Kier molecular flexibility index (Phi) is 14.2. The van der Waals surface area contributed by atoms with Crippen LogP contribution in [-0.4, -0.2) is 29.7 Å². The summed E-state index contributed by atoms with van der Waals surface area (Å²) in [5.74, 6) is 0. The zero-order chi connectivity index (χ0) is 14.3. The third kappa shape index (κ3) is 12.6. The molecule has 0 fully saturated rings. The van der Waals surface area contributed by atoms with Gasteiger partial charge in [-0.1, -0.05) is 64.7 Å². The lowest BCUT2D eigenvalue weighted by molar-refractivity contribution is -0.206. The summed E-state index contributed by atoms with van der Waals surface area (Å²) in [6.45, 7) is 7.44. The van der Waals surface area contributed by atoms with Gasteiger partial charge in [0.15, 0.2) is 0 Å². The number of hydroxylamine groups is 2. The first kappa shape index (κ1) is 18.9. The van der Waals surface area contributed by atoms with Crippen molar-refractivity contribution in [3.63, 3.8) is 0 Å². The molecule has 1 unspecified atom stereocenters. The van der Waals surface area contributed by atoms with Gasteiger partial charge in [0, 0.05) is 13.2 Å². The fourth-order valence-corrected chi connectivity index (χ4v) is 2.19. The highest BCUT2D eigenvalue weighted by Crippen LogP contribution is 2.10. The molecule has 116 valence electrons. The van der Waals surface area contributed by atoms with Gasteiger partial charge in [-0.05, 0) is 20.3 Å². The monoisotopic (exact) mass is 273 g/mol. The van der Waals surface area contributed by atoms with Crippen LogP contribution in [0.5, 0.6) is 0 Å². The van der Waals surface area contributed by atoms with Gasteiger partial charge in [-0.15, -0.1) is 0 Å². The lowest BCUT2D eigenvalue weighted by Crippen LogP contribution is -2.32. The van der Waals surface area contributed by atoms with Gasteiger partial charge in [-0.25, -0.2) is 0 Å². The molecule has 0 aliphatic rings. The summed E-state index contributed by atoms with van der Waals surface area (Å²) >= 11 is 0. The Morgan fingerprint density at radius 1 is 0.842 bits per heavy atom. The molecule has 0 rings (SSSR count). The number of rotatable bonds is 14. The normalized spacial score (nSPS) is 13.1. The molecular weight excluding hydrogens is 238 g/mol. The first-order valence-electron chi connectivity index (χ1n) is 8.29. The molecule has 19 heavy (non-hydrogen) atoms. The van der Waals surface area contributed by atoms with E-state index < -0.39 is 0 Å². The molecule has 1 N–H and O–H groups in total. The summed E-state index contributed by atoms with van der Waals surface area (Å²) < 4.78 is 5.54. The minimum Gasteiger partial charge on any atom is -0.361 e. The third-order valence-corrected chi connectivity index (χ3v) is 3.60. The lowest BCUT2D eigenvalue weighted by Gasteiger charge is -2.21. The topological polar surface area (TPSA) is 32.7 Å². The van der Waals surface area contributed by atoms with E-state index in [1.165, 1.54) is 62.9 Å². The Labute approximate surface area is 120 Å². The van der Waals surface area contributed by atoms with Gasteiger partial charge in [-0.3, -0.25) is 0 Å². The molecule has 0 saturated carbocycles. The number of ether oxygens (including phenoxy) is 1. The molecule has 0 spiro atoms. The largest absolute Gasteiger partial charge is 0.361 e. The molecule has 3 heteroatoms. The van der Waals surface area contributed by atoms with Crippen LogP contribution in [0.25, 0.3) is 0 Å². The fourth-order valence-electron chi connectivity index (χ4n) is 2.19. The zero-order valence-electron chi connectivity index (χ0n) is 13.4. The quantitative estimate of drug-likeness (QED) is 0.275. The van der Waals surface area contributed by atoms with Crippen molar-refractivity contribution in [3.8, 4) is 0 Å². The van der Waals surface area contributed by atoms with Gasteiger partial charge in [0.1, 0.15) is 6.23 Å². The Morgan fingerprint density at radius 2 is 1.32 bits per heavy atom. The van der Waals surface area contributed by atoms with Gasteiger partial charge >= 0.3 is 0 Å². The summed E-state index contributed by atoms with van der Waals surface area (Å²) in [5, 5.41) is 10.6. The van der Waals surface area contributed by atoms with Crippen molar-refractivity contribution in [1.82, 2.24) is 5.06 Å². The molecule has 0 aliphatic carbocycles. The molecule has 0 amide bonds. The number of hydrogen-bond donors (Lipinski definition) is 1. The van der Waals surface area contributed by atoms with Gasteiger partial charge in [0.25, 0.3) is 0 Å². The van der Waals surface area contributed by atoms with Crippen LogP contribution in [0, 0.1) is 0 Å². The second-order valence-electron chi connectivity index (χ2n) is 5.41. The molecule has 1 atom stereocenters. The van der Waals surface area contributed by atoms with E-state index in [2.05, 4.69) is 6.92 Å². The molecular formula is C16H35NO2. The van der Waals surface area contributed by atoms with Crippen molar-refractivity contribution >= 4 is 0 Å². The molecule has 0 aromatic carbocycles. The van der Waals surface area contributed by atoms with Gasteiger partial charge < -0.3 is 9.94 Å². The highest BCUT2D eigenvalue weighted by atomic mass is 16.6. The average molecular weight is 273 g/mol. The van der Waals surface area contributed by atoms with Crippen LogP contribution in [0.4, 0.5) is 0 Å².